The van der Waals surface area contributed by atoms with Crippen LogP contribution in [-0.4, -0.2) is 4.37 Å². The van der Waals surface area contributed by atoms with E-state index < -0.39 is 0 Å². The van der Waals surface area contributed by atoms with Gasteiger partial charge in [-0.2, -0.15) is 4.37 Å². The highest BCUT2D eigenvalue weighted by Gasteiger charge is 2.15. The Labute approximate surface area is 95.5 Å². The first-order valence-corrected chi connectivity index (χ1v) is 6.13. The maximum atomic E-state index is 6.07. The van der Waals surface area contributed by atoms with E-state index in [4.69, 9.17) is 17.3 Å². The lowest BCUT2D eigenvalue weighted by Gasteiger charge is -2.06. The quantitative estimate of drug-likeness (QED) is 0.881. The van der Waals surface area contributed by atoms with Crippen molar-refractivity contribution in [3.05, 3.63) is 38.0 Å². The van der Waals surface area contributed by atoms with Crippen LogP contribution in [0.1, 0.15) is 21.5 Å². The van der Waals surface area contributed by atoms with Crippen LogP contribution in [0, 0.1) is 6.92 Å². The van der Waals surface area contributed by atoms with E-state index in [0.717, 1.165) is 20.5 Å². The summed E-state index contributed by atoms with van der Waals surface area (Å²) in [6, 6.07) is 3.74. The predicted octanol–water partition coefficient (Wildman–Crippen LogP) is 3.21. The van der Waals surface area contributed by atoms with Crippen LogP contribution in [0.3, 0.4) is 0 Å². The van der Waals surface area contributed by atoms with Crippen LogP contribution in [-0.2, 0) is 0 Å². The van der Waals surface area contributed by atoms with E-state index in [0.29, 0.717) is 0 Å². The van der Waals surface area contributed by atoms with Gasteiger partial charge in [-0.3, -0.25) is 0 Å². The molecule has 0 aliphatic carbocycles. The van der Waals surface area contributed by atoms with E-state index >= 15 is 0 Å². The molecule has 2 nitrogen and oxygen atoms in total. The molecule has 14 heavy (non-hydrogen) atoms. The van der Waals surface area contributed by atoms with Gasteiger partial charge >= 0.3 is 0 Å². The lowest BCUT2D eigenvalue weighted by Crippen LogP contribution is -2.08. The molecule has 1 unspecified atom stereocenters. The van der Waals surface area contributed by atoms with Crippen LogP contribution < -0.4 is 5.73 Å². The largest absolute Gasteiger partial charge is 0.319 e. The molecule has 0 bridgehead atoms. The summed E-state index contributed by atoms with van der Waals surface area (Å²) in [5.41, 5.74) is 7.08. The summed E-state index contributed by atoms with van der Waals surface area (Å²) in [6.07, 6.45) is 0. The van der Waals surface area contributed by atoms with Crippen LogP contribution in [0.2, 0.25) is 5.02 Å². The Hall–Kier alpha value is -0.420. The zero-order chi connectivity index (χ0) is 10.1. The highest BCUT2D eigenvalue weighted by molar-refractivity contribution is 7.11. The molecule has 2 aromatic heterocycles. The van der Waals surface area contributed by atoms with Gasteiger partial charge in [0.15, 0.2) is 0 Å². The Morgan fingerprint density at radius 3 is 2.86 bits per heavy atom. The number of aryl methyl sites for hydroxylation is 1. The molecule has 0 saturated heterocycles. The van der Waals surface area contributed by atoms with Crippen LogP contribution >= 0.6 is 34.5 Å². The van der Waals surface area contributed by atoms with Crippen molar-refractivity contribution in [2.45, 2.75) is 13.0 Å². The zero-order valence-electron chi connectivity index (χ0n) is 7.53. The second kappa shape index (κ2) is 3.98. The van der Waals surface area contributed by atoms with Gasteiger partial charge in [0.2, 0.25) is 0 Å². The summed E-state index contributed by atoms with van der Waals surface area (Å²) in [4.78, 5) is 2.07. The lowest BCUT2D eigenvalue weighted by molar-refractivity contribution is 0.916. The summed E-state index contributed by atoms with van der Waals surface area (Å²) in [6.45, 7) is 1.96. The van der Waals surface area contributed by atoms with E-state index in [1.807, 2.05) is 24.4 Å². The van der Waals surface area contributed by atoms with Gasteiger partial charge in [-0.1, -0.05) is 11.6 Å². The molecule has 5 heteroatoms. The standard InChI is InChI=1S/C9H9ClN2S2/c1-5-4-7(14-12-5)8(11)9-6(10)2-3-13-9/h2-4,8H,11H2,1H3. The van der Waals surface area contributed by atoms with Crippen LogP contribution in [0.15, 0.2) is 17.5 Å². The van der Waals surface area contributed by atoms with E-state index in [-0.39, 0.29) is 6.04 Å². The fourth-order valence-electron chi connectivity index (χ4n) is 1.19. The van der Waals surface area contributed by atoms with Crippen molar-refractivity contribution in [1.29, 1.82) is 0 Å². The number of nitrogens with two attached hydrogens (primary N) is 1. The lowest BCUT2D eigenvalue weighted by atomic mass is 10.2. The zero-order valence-corrected chi connectivity index (χ0v) is 9.92. The van der Waals surface area contributed by atoms with E-state index in [1.54, 1.807) is 11.3 Å². The van der Waals surface area contributed by atoms with Crippen molar-refractivity contribution in [2.24, 2.45) is 5.73 Å². The summed E-state index contributed by atoms with van der Waals surface area (Å²) in [5, 5.41) is 2.69. The fourth-order valence-corrected chi connectivity index (χ4v) is 3.21. The molecule has 0 saturated carbocycles. The van der Waals surface area contributed by atoms with Crippen molar-refractivity contribution in [2.75, 3.05) is 0 Å². The second-order valence-electron chi connectivity index (χ2n) is 2.98. The topological polar surface area (TPSA) is 38.9 Å². The molecule has 2 heterocycles. The van der Waals surface area contributed by atoms with Crippen LogP contribution in [0.25, 0.3) is 0 Å². The Kier molecular flexibility index (Phi) is 2.88. The molecule has 0 fully saturated rings. The molecule has 0 aliphatic rings. The number of nitrogens with zero attached hydrogens (tertiary/aromatic N) is 1. The summed E-state index contributed by atoms with van der Waals surface area (Å²) in [7, 11) is 0. The molecular weight excluding hydrogens is 236 g/mol. The third-order valence-corrected chi connectivity index (χ3v) is 4.28. The average molecular weight is 245 g/mol. The number of aromatic nitrogens is 1. The van der Waals surface area contributed by atoms with Gasteiger partial charge in [-0.05, 0) is 36.0 Å². The molecule has 2 rings (SSSR count). The average Bonchev–Trinajstić information content (AvgIpc) is 2.73. The highest BCUT2D eigenvalue weighted by Crippen LogP contribution is 2.32. The highest BCUT2D eigenvalue weighted by atomic mass is 35.5. The van der Waals surface area contributed by atoms with Gasteiger partial charge in [0.1, 0.15) is 0 Å². The smallest absolute Gasteiger partial charge is 0.0771 e. The number of halogens is 1. The van der Waals surface area contributed by atoms with Gasteiger partial charge in [0.25, 0.3) is 0 Å². The van der Waals surface area contributed by atoms with Gasteiger partial charge in [-0.15, -0.1) is 11.3 Å². The van der Waals surface area contributed by atoms with E-state index in [9.17, 15) is 0 Å². The first-order valence-electron chi connectivity index (χ1n) is 4.10. The summed E-state index contributed by atoms with van der Waals surface area (Å²) < 4.78 is 4.20. The monoisotopic (exact) mass is 244 g/mol. The molecule has 0 aliphatic heterocycles. The Bertz CT molecular complexity index is 435. The SMILES string of the molecule is Cc1cc(C(N)c2sccc2Cl)sn1. The molecule has 0 amide bonds. The van der Waals surface area contributed by atoms with E-state index in [1.165, 1.54) is 11.5 Å². The van der Waals surface area contributed by atoms with Gasteiger partial charge in [0, 0.05) is 9.75 Å². The molecule has 74 valence electrons. The van der Waals surface area contributed by atoms with Crippen molar-refractivity contribution in [1.82, 2.24) is 4.37 Å². The minimum absolute atomic E-state index is 0.131. The van der Waals surface area contributed by atoms with E-state index in [2.05, 4.69) is 4.37 Å². The fraction of sp³-hybridized carbons (Fsp3) is 0.222. The van der Waals surface area contributed by atoms with Crippen LogP contribution in [0.4, 0.5) is 0 Å². The summed E-state index contributed by atoms with van der Waals surface area (Å²) >= 11 is 9.03. The van der Waals surface area contributed by atoms with Crippen molar-refractivity contribution in [3.8, 4) is 0 Å². The maximum absolute atomic E-state index is 6.07. The Morgan fingerprint density at radius 1 is 1.57 bits per heavy atom. The van der Waals surface area contributed by atoms with Gasteiger partial charge in [0.05, 0.1) is 16.8 Å². The van der Waals surface area contributed by atoms with Gasteiger partial charge < -0.3 is 5.73 Å². The predicted molar refractivity (Wildman–Crippen MR) is 62.2 cm³/mol. The van der Waals surface area contributed by atoms with Crippen molar-refractivity contribution >= 4 is 34.5 Å². The molecule has 1 atom stereocenters. The molecule has 0 radical (unpaired) electrons. The number of hydrogen-bond acceptors (Lipinski definition) is 4. The summed E-state index contributed by atoms with van der Waals surface area (Å²) in [5.74, 6) is 0. The molecule has 2 N–H and O–H groups in total. The van der Waals surface area contributed by atoms with Gasteiger partial charge in [-0.25, -0.2) is 0 Å². The normalized spacial score (nSPS) is 13.1. The van der Waals surface area contributed by atoms with Crippen LogP contribution in [0.5, 0.6) is 0 Å². The van der Waals surface area contributed by atoms with Crippen molar-refractivity contribution in [3.63, 3.8) is 0 Å². The number of thiophene rings is 1. The minimum Gasteiger partial charge on any atom is -0.319 e. The third kappa shape index (κ3) is 1.83. The Morgan fingerprint density at radius 2 is 2.36 bits per heavy atom. The number of rotatable bonds is 2. The minimum atomic E-state index is -0.131. The molecular formula is C9H9ClN2S2. The first-order chi connectivity index (χ1) is 6.68. The number of hydrogen-bond donors (Lipinski definition) is 1. The second-order valence-corrected chi connectivity index (χ2v) is 5.17. The third-order valence-electron chi connectivity index (χ3n) is 1.88. The Balaban J connectivity index is 2.33. The first kappa shape index (κ1) is 10.1. The maximum Gasteiger partial charge on any atom is 0.0771 e. The molecule has 2 aromatic rings. The molecule has 0 aromatic carbocycles. The molecule has 0 spiro atoms. The van der Waals surface area contributed by atoms with Crippen molar-refractivity contribution < 1.29 is 0 Å².